The third-order valence-corrected chi connectivity index (χ3v) is 4.92. The van der Waals surface area contributed by atoms with Crippen molar-refractivity contribution in [3.8, 4) is 0 Å². The van der Waals surface area contributed by atoms with Crippen LogP contribution in [-0.4, -0.2) is 20.2 Å². The minimum absolute atomic E-state index is 0.141. The third-order valence-electron chi connectivity index (χ3n) is 2.77. The fourth-order valence-corrected chi connectivity index (χ4v) is 2.49. The van der Waals surface area contributed by atoms with E-state index in [-0.39, 0.29) is 11.4 Å². The number of benzene rings is 1. The summed E-state index contributed by atoms with van der Waals surface area (Å²) in [5.74, 6) is 0. The van der Waals surface area contributed by atoms with Gasteiger partial charge in [-0.3, -0.25) is 0 Å². The summed E-state index contributed by atoms with van der Waals surface area (Å²) >= 11 is 0. The second-order valence-electron chi connectivity index (χ2n) is 4.52. The molecular weight excluding hydrogens is 241 g/mol. The van der Waals surface area contributed by atoms with Gasteiger partial charge in [0.05, 0.1) is 10.1 Å². The van der Waals surface area contributed by atoms with Crippen molar-refractivity contribution in [2.75, 3.05) is 6.54 Å². The number of nitrogens with two attached hydrogens (primary N) is 1. The van der Waals surface area contributed by atoms with Crippen molar-refractivity contribution >= 4 is 9.84 Å². The summed E-state index contributed by atoms with van der Waals surface area (Å²) in [4.78, 5) is 0.141. The highest BCUT2D eigenvalue weighted by Crippen LogP contribution is 2.27. The van der Waals surface area contributed by atoms with Crippen molar-refractivity contribution in [1.29, 1.82) is 0 Å². The van der Waals surface area contributed by atoms with E-state index < -0.39 is 20.8 Å². The maximum Gasteiger partial charge on any atom is 0.180 e. The summed E-state index contributed by atoms with van der Waals surface area (Å²) in [6, 6.07) is 5.93. The highest BCUT2D eigenvalue weighted by atomic mass is 32.2. The number of halogens is 1. The van der Waals surface area contributed by atoms with Crippen LogP contribution >= 0.6 is 0 Å². The summed E-state index contributed by atoms with van der Waals surface area (Å²) in [5, 5.41) is -0.526. The molecule has 5 heteroatoms. The molecule has 3 nitrogen and oxygen atoms in total. The van der Waals surface area contributed by atoms with Crippen molar-refractivity contribution in [3.63, 3.8) is 0 Å². The van der Waals surface area contributed by atoms with Gasteiger partial charge in [0.25, 0.3) is 0 Å². The number of alkyl halides is 1. The Morgan fingerprint density at radius 2 is 2.00 bits per heavy atom. The number of sulfone groups is 1. The molecule has 1 unspecified atom stereocenters. The number of hydrogen-bond donors (Lipinski definition) is 1. The molecule has 1 aromatic carbocycles. The van der Waals surface area contributed by atoms with E-state index in [1.807, 2.05) is 0 Å². The lowest BCUT2D eigenvalue weighted by Crippen LogP contribution is -2.27. The molecule has 0 aliphatic carbocycles. The van der Waals surface area contributed by atoms with E-state index in [4.69, 9.17) is 5.73 Å². The van der Waals surface area contributed by atoms with Crippen molar-refractivity contribution < 1.29 is 12.8 Å². The van der Waals surface area contributed by atoms with Gasteiger partial charge < -0.3 is 5.73 Å². The highest BCUT2D eigenvalue weighted by Gasteiger charge is 2.26. The van der Waals surface area contributed by atoms with Gasteiger partial charge >= 0.3 is 0 Å². The monoisotopic (exact) mass is 259 g/mol. The fraction of sp³-hybridized carbons (Fsp3) is 0.500. The highest BCUT2D eigenvalue weighted by molar-refractivity contribution is 7.92. The van der Waals surface area contributed by atoms with Crippen LogP contribution in [-0.2, 0) is 15.5 Å². The van der Waals surface area contributed by atoms with Crippen molar-refractivity contribution in [1.82, 2.24) is 0 Å². The van der Waals surface area contributed by atoms with Gasteiger partial charge in [-0.05, 0) is 38.5 Å². The average Bonchev–Trinajstić information content (AvgIpc) is 2.29. The molecule has 0 fully saturated rings. The standard InChI is InChI=1S/C12H18FNO2S/c1-9(2)17(15,16)11-6-4-5-10(7-11)12(3,13)8-14/h4-7,9H,8,14H2,1-3H3. The Balaban J connectivity index is 3.29. The molecule has 1 atom stereocenters. The van der Waals surface area contributed by atoms with Gasteiger partial charge in [-0.1, -0.05) is 12.1 Å². The Morgan fingerprint density at radius 3 is 2.47 bits per heavy atom. The normalized spacial score (nSPS) is 15.9. The van der Waals surface area contributed by atoms with E-state index in [1.54, 1.807) is 19.9 Å². The fourth-order valence-electron chi connectivity index (χ4n) is 1.39. The smallest absolute Gasteiger partial charge is 0.180 e. The molecule has 0 amide bonds. The summed E-state index contributed by atoms with van der Waals surface area (Å²) in [7, 11) is -3.38. The molecule has 96 valence electrons. The Hall–Kier alpha value is -0.940. The van der Waals surface area contributed by atoms with Gasteiger partial charge in [0.2, 0.25) is 0 Å². The van der Waals surface area contributed by atoms with Crippen LogP contribution in [0.25, 0.3) is 0 Å². The first-order valence-corrected chi connectivity index (χ1v) is 7.00. The molecule has 17 heavy (non-hydrogen) atoms. The van der Waals surface area contributed by atoms with E-state index in [0.29, 0.717) is 5.56 Å². The van der Waals surface area contributed by atoms with E-state index in [1.165, 1.54) is 25.1 Å². The molecule has 0 spiro atoms. The lowest BCUT2D eigenvalue weighted by molar-refractivity contribution is 0.203. The summed E-state index contributed by atoms with van der Waals surface area (Å²) in [5.41, 5.74) is 3.92. The van der Waals surface area contributed by atoms with E-state index >= 15 is 0 Å². The molecule has 0 heterocycles. The van der Waals surface area contributed by atoms with Crippen molar-refractivity contribution in [2.45, 2.75) is 36.6 Å². The molecule has 0 saturated carbocycles. The maximum atomic E-state index is 14.0. The van der Waals surface area contributed by atoms with Crippen molar-refractivity contribution in [2.24, 2.45) is 5.73 Å². The second kappa shape index (κ2) is 4.74. The molecule has 0 aliphatic heterocycles. The Bertz CT molecular complexity index is 495. The van der Waals surface area contributed by atoms with Crippen LogP contribution in [0, 0.1) is 0 Å². The predicted molar refractivity (Wildman–Crippen MR) is 66.3 cm³/mol. The van der Waals surface area contributed by atoms with Crippen LogP contribution in [0.15, 0.2) is 29.2 Å². The average molecular weight is 259 g/mol. The summed E-state index contributed by atoms with van der Waals surface area (Å²) in [6.45, 7) is 4.35. The van der Waals surface area contributed by atoms with Gasteiger partial charge in [-0.2, -0.15) is 0 Å². The van der Waals surface area contributed by atoms with Crippen LogP contribution in [0.4, 0.5) is 4.39 Å². The first-order chi connectivity index (χ1) is 7.71. The Labute approximate surface area is 102 Å². The minimum atomic E-state index is -3.38. The zero-order valence-corrected chi connectivity index (χ0v) is 11.1. The SMILES string of the molecule is CC(C)S(=O)(=O)c1cccc(C(C)(F)CN)c1. The number of hydrogen-bond acceptors (Lipinski definition) is 3. The third kappa shape index (κ3) is 2.84. The first-order valence-electron chi connectivity index (χ1n) is 5.45. The van der Waals surface area contributed by atoms with E-state index in [2.05, 4.69) is 0 Å². The number of rotatable bonds is 4. The van der Waals surface area contributed by atoms with Gasteiger partial charge in [0.1, 0.15) is 5.67 Å². The van der Waals surface area contributed by atoms with Crippen LogP contribution in [0.1, 0.15) is 26.3 Å². The molecule has 0 aromatic heterocycles. The topological polar surface area (TPSA) is 60.2 Å². The molecular formula is C12H18FNO2S. The lowest BCUT2D eigenvalue weighted by atomic mass is 9.98. The molecule has 0 saturated heterocycles. The molecule has 0 aliphatic rings. The largest absolute Gasteiger partial charge is 0.327 e. The van der Waals surface area contributed by atoms with Crippen LogP contribution < -0.4 is 5.73 Å². The molecule has 1 rings (SSSR count). The van der Waals surface area contributed by atoms with Crippen molar-refractivity contribution in [3.05, 3.63) is 29.8 Å². The quantitative estimate of drug-likeness (QED) is 0.899. The molecule has 2 N–H and O–H groups in total. The zero-order chi connectivity index (χ0) is 13.3. The van der Waals surface area contributed by atoms with Gasteiger partial charge in [0, 0.05) is 6.54 Å². The van der Waals surface area contributed by atoms with Crippen LogP contribution in [0.3, 0.4) is 0 Å². The predicted octanol–water partition coefficient (Wildman–Crippen LogP) is 2.01. The summed E-state index contributed by atoms with van der Waals surface area (Å²) < 4.78 is 37.9. The minimum Gasteiger partial charge on any atom is -0.327 e. The van der Waals surface area contributed by atoms with Gasteiger partial charge in [0.15, 0.2) is 9.84 Å². The Kier molecular flexibility index (Phi) is 3.94. The molecule has 0 radical (unpaired) electrons. The summed E-state index contributed by atoms with van der Waals surface area (Å²) in [6.07, 6.45) is 0. The van der Waals surface area contributed by atoms with Crippen LogP contribution in [0.5, 0.6) is 0 Å². The van der Waals surface area contributed by atoms with E-state index in [0.717, 1.165) is 0 Å². The zero-order valence-electron chi connectivity index (χ0n) is 10.3. The molecule has 1 aromatic rings. The first kappa shape index (κ1) is 14.1. The van der Waals surface area contributed by atoms with Crippen LogP contribution in [0.2, 0.25) is 0 Å². The lowest BCUT2D eigenvalue weighted by Gasteiger charge is -2.19. The maximum absolute atomic E-state index is 14.0. The van der Waals surface area contributed by atoms with Gasteiger partial charge in [-0.15, -0.1) is 0 Å². The Morgan fingerprint density at radius 1 is 1.41 bits per heavy atom. The van der Waals surface area contributed by atoms with E-state index in [9.17, 15) is 12.8 Å². The van der Waals surface area contributed by atoms with Gasteiger partial charge in [-0.25, -0.2) is 12.8 Å². The second-order valence-corrected chi connectivity index (χ2v) is 7.03. The molecule has 0 bridgehead atoms.